The van der Waals surface area contributed by atoms with Crippen molar-refractivity contribution in [1.29, 1.82) is 0 Å². The molecular weight excluding hydrogens is 521 g/mol. The molecule has 7 nitrogen and oxygen atoms in total. The highest BCUT2D eigenvalue weighted by molar-refractivity contribution is 14.0. The number of nitrogens with zero attached hydrogens (tertiary/aromatic N) is 1. The van der Waals surface area contributed by atoms with Crippen molar-refractivity contribution < 1.29 is 18.9 Å². The first-order valence-electron chi connectivity index (χ1n) is 9.16. The minimum absolute atomic E-state index is 0. The Kier molecular flexibility index (Phi) is 11.5. The van der Waals surface area contributed by atoms with E-state index in [2.05, 4.69) is 15.6 Å². The largest absolute Gasteiger partial charge is 0.496 e. The number of rotatable bonds is 9. The van der Waals surface area contributed by atoms with E-state index < -0.39 is 0 Å². The lowest BCUT2D eigenvalue weighted by Gasteiger charge is -2.19. The van der Waals surface area contributed by atoms with E-state index in [1.165, 1.54) is 0 Å². The molecule has 0 heterocycles. The predicted octanol–water partition coefficient (Wildman–Crippen LogP) is 4.12. The first kappa shape index (κ1) is 26.0. The van der Waals surface area contributed by atoms with Gasteiger partial charge in [0.1, 0.15) is 17.6 Å². The van der Waals surface area contributed by atoms with Gasteiger partial charge in [0, 0.05) is 30.2 Å². The lowest BCUT2D eigenvalue weighted by Crippen LogP contribution is -2.41. The van der Waals surface area contributed by atoms with Crippen molar-refractivity contribution >= 4 is 41.5 Å². The number of halogens is 2. The van der Waals surface area contributed by atoms with Crippen LogP contribution in [0.3, 0.4) is 0 Å². The Morgan fingerprint density at radius 1 is 0.967 bits per heavy atom. The van der Waals surface area contributed by atoms with Gasteiger partial charge in [0.2, 0.25) is 0 Å². The predicted molar refractivity (Wildman–Crippen MR) is 131 cm³/mol. The van der Waals surface area contributed by atoms with E-state index in [-0.39, 0.29) is 30.1 Å². The van der Waals surface area contributed by atoms with Crippen molar-refractivity contribution in [3.8, 4) is 23.0 Å². The monoisotopic (exact) mass is 549 g/mol. The van der Waals surface area contributed by atoms with Gasteiger partial charge in [-0.1, -0.05) is 11.6 Å². The van der Waals surface area contributed by atoms with Gasteiger partial charge >= 0.3 is 0 Å². The summed E-state index contributed by atoms with van der Waals surface area (Å²) in [4.78, 5) is 4.25. The first-order chi connectivity index (χ1) is 14.0. The first-order valence-corrected chi connectivity index (χ1v) is 9.54. The van der Waals surface area contributed by atoms with Crippen molar-refractivity contribution in [1.82, 2.24) is 10.6 Å². The van der Waals surface area contributed by atoms with Crippen molar-refractivity contribution in [2.24, 2.45) is 4.99 Å². The van der Waals surface area contributed by atoms with Crippen LogP contribution < -0.4 is 29.6 Å². The van der Waals surface area contributed by atoms with Crippen LogP contribution in [0.5, 0.6) is 23.0 Å². The van der Waals surface area contributed by atoms with Crippen LogP contribution in [0, 0.1) is 0 Å². The average Bonchev–Trinajstić information content (AvgIpc) is 2.74. The SMILES string of the molecule is CN=C(NCc1cc(OC)c(OC)cc1OC)NCC(C)Oc1ccc(Cl)cc1.I. The van der Waals surface area contributed by atoms with Gasteiger partial charge in [-0.2, -0.15) is 0 Å². The molecule has 0 saturated heterocycles. The number of guanidine groups is 1. The molecule has 0 aliphatic heterocycles. The van der Waals surface area contributed by atoms with Gasteiger partial charge in [0.05, 0.1) is 27.9 Å². The van der Waals surface area contributed by atoms with Gasteiger partial charge in [-0.3, -0.25) is 4.99 Å². The fourth-order valence-corrected chi connectivity index (χ4v) is 2.78. The van der Waals surface area contributed by atoms with Gasteiger partial charge in [-0.05, 0) is 37.3 Å². The highest BCUT2D eigenvalue weighted by atomic mass is 127. The average molecular weight is 550 g/mol. The minimum Gasteiger partial charge on any atom is -0.496 e. The molecule has 2 rings (SSSR count). The van der Waals surface area contributed by atoms with Crippen LogP contribution in [0.1, 0.15) is 12.5 Å². The number of ether oxygens (including phenoxy) is 4. The highest BCUT2D eigenvalue weighted by Crippen LogP contribution is 2.34. The topological polar surface area (TPSA) is 73.3 Å². The molecule has 2 N–H and O–H groups in total. The summed E-state index contributed by atoms with van der Waals surface area (Å²) in [5.74, 6) is 3.36. The minimum atomic E-state index is -0.0645. The molecule has 0 radical (unpaired) electrons. The number of hydrogen-bond donors (Lipinski definition) is 2. The summed E-state index contributed by atoms with van der Waals surface area (Å²) in [6, 6.07) is 11.0. The maximum atomic E-state index is 5.90. The van der Waals surface area contributed by atoms with Crippen molar-refractivity contribution in [3.63, 3.8) is 0 Å². The Hall–Kier alpha value is -2.07. The van der Waals surface area contributed by atoms with Crippen LogP contribution in [0.25, 0.3) is 0 Å². The standard InChI is InChI=1S/C21H28ClN3O4.HI/c1-14(29-17-8-6-16(22)7-9-17)12-24-21(23-2)25-13-15-10-19(27-4)20(28-5)11-18(15)26-3;/h6-11,14H,12-13H2,1-5H3,(H2,23,24,25);1H. The maximum Gasteiger partial charge on any atom is 0.191 e. The Morgan fingerprint density at radius 2 is 1.57 bits per heavy atom. The molecule has 9 heteroatoms. The van der Waals surface area contributed by atoms with Crippen molar-refractivity contribution in [3.05, 3.63) is 47.0 Å². The fraction of sp³-hybridized carbons (Fsp3) is 0.381. The Balaban J connectivity index is 0.00000450. The molecule has 2 aromatic rings. The molecular formula is C21H29ClIN3O4. The second kappa shape index (κ2) is 13.3. The van der Waals surface area contributed by atoms with E-state index in [0.717, 1.165) is 11.3 Å². The molecule has 0 saturated carbocycles. The zero-order valence-electron chi connectivity index (χ0n) is 17.8. The number of benzene rings is 2. The van der Waals surface area contributed by atoms with Gasteiger partial charge < -0.3 is 29.6 Å². The molecule has 1 atom stereocenters. The molecule has 0 aromatic heterocycles. The molecule has 0 bridgehead atoms. The van der Waals surface area contributed by atoms with E-state index in [1.54, 1.807) is 46.6 Å². The Bertz CT molecular complexity index is 819. The smallest absolute Gasteiger partial charge is 0.191 e. The zero-order valence-corrected chi connectivity index (χ0v) is 20.9. The summed E-state index contributed by atoms with van der Waals surface area (Å²) in [5, 5.41) is 7.20. The molecule has 0 aliphatic carbocycles. The van der Waals surface area contributed by atoms with Crippen LogP contribution in [0.4, 0.5) is 0 Å². The van der Waals surface area contributed by atoms with E-state index in [1.807, 2.05) is 25.1 Å². The van der Waals surface area contributed by atoms with Gasteiger partial charge in [0.25, 0.3) is 0 Å². The van der Waals surface area contributed by atoms with Crippen LogP contribution in [-0.4, -0.2) is 47.0 Å². The maximum absolute atomic E-state index is 5.90. The van der Waals surface area contributed by atoms with E-state index in [4.69, 9.17) is 30.5 Å². The molecule has 0 fully saturated rings. The number of aliphatic imine (C=N–C) groups is 1. The van der Waals surface area contributed by atoms with Gasteiger partial charge in [-0.15, -0.1) is 24.0 Å². The normalized spacial score (nSPS) is 11.7. The lowest BCUT2D eigenvalue weighted by molar-refractivity contribution is 0.224. The molecule has 30 heavy (non-hydrogen) atoms. The van der Waals surface area contributed by atoms with Gasteiger partial charge in [-0.25, -0.2) is 0 Å². The van der Waals surface area contributed by atoms with Crippen LogP contribution in [-0.2, 0) is 6.54 Å². The molecule has 1 unspecified atom stereocenters. The van der Waals surface area contributed by atoms with E-state index in [9.17, 15) is 0 Å². The van der Waals surface area contributed by atoms with Crippen LogP contribution in [0.2, 0.25) is 5.02 Å². The quantitative estimate of drug-likeness (QED) is 0.279. The van der Waals surface area contributed by atoms with E-state index in [0.29, 0.717) is 41.3 Å². The molecule has 0 amide bonds. The summed E-state index contributed by atoms with van der Waals surface area (Å²) in [6.45, 7) is 3.05. The second-order valence-corrected chi connectivity index (χ2v) is 6.64. The number of hydrogen-bond acceptors (Lipinski definition) is 5. The third-order valence-corrected chi connectivity index (χ3v) is 4.42. The molecule has 166 valence electrons. The fourth-order valence-electron chi connectivity index (χ4n) is 2.66. The molecule has 2 aromatic carbocycles. The third kappa shape index (κ3) is 7.64. The van der Waals surface area contributed by atoms with Crippen molar-refractivity contribution in [2.45, 2.75) is 19.6 Å². The third-order valence-electron chi connectivity index (χ3n) is 4.16. The Morgan fingerprint density at radius 3 is 2.13 bits per heavy atom. The number of nitrogens with one attached hydrogen (secondary N) is 2. The summed E-state index contributed by atoms with van der Waals surface area (Å²) in [7, 11) is 6.53. The van der Waals surface area contributed by atoms with Gasteiger partial charge in [0.15, 0.2) is 17.5 Å². The summed E-state index contributed by atoms with van der Waals surface area (Å²) in [6.07, 6.45) is -0.0645. The summed E-state index contributed by atoms with van der Waals surface area (Å²) >= 11 is 5.90. The van der Waals surface area contributed by atoms with Crippen LogP contribution in [0.15, 0.2) is 41.4 Å². The number of methoxy groups -OCH3 is 3. The summed E-state index contributed by atoms with van der Waals surface area (Å²) in [5.41, 5.74) is 0.915. The molecule has 0 aliphatic rings. The Labute approximate surface area is 200 Å². The highest BCUT2D eigenvalue weighted by Gasteiger charge is 2.13. The molecule has 0 spiro atoms. The zero-order chi connectivity index (χ0) is 21.2. The second-order valence-electron chi connectivity index (χ2n) is 6.21. The van der Waals surface area contributed by atoms with E-state index >= 15 is 0 Å². The van der Waals surface area contributed by atoms with Crippen LogP contribution >= 0.6 is 35.6 Å². The lowest BCUT2D eigenvalue weighted by atomic mass is 10.1. The van der Waals surface area contributed by atoms with Crippen molar-refractivity contribution in [2.75, 3.05) is 34.9 Å². The summed E-state index contributed by atoms with van der Waals surface area (Å²) < 4.78 is 22.0.